The van der Waals surface area contributed by atoms with E-state index in [-0.39, 0.29) is 11.0 Å². The van der Waals surface area contributed by atoms with E-state index >= 15 is 0 Å². The molecule has 0 aliphatic carbocycles. The van der Waals surface area contributed by atoms with Gasteiger partial charge in [0.15, 0.2) is 0 Å². The van der Waals surface area contributed by atoms with Crippen LogP contribution in [0.3, 0.4) is 0 Å². The van der Waals surface area contributed by atoms with Gasteiger partial charge in [0.2, 0.25) is 0 Å². The number of aromatic nitrogens is 1. The Morgan fingerprint density at radius 2 is 2.00 bits per heavy atom. The number of carbonyl (C=O) groups is 1. The fourth-order valence-corrected chi connectivity index (χ4v) is 0.619. The maximum absolute atomic E-state index is 12.4. The highest BCUT2D eigenvalue weighted by Crippen LogP contribution is 1.99. The van der Waals surface area contributed by atoms with Crippen LogP contribution in [0.15, 0.2) is 18.5 Å². The van der Waals surface area contributed by atoms with Gasteiger partial charge in [0.05, 0.1) is 11.8 Å². The molecule has 1 heterocycles. The third kappa shape index (κ3) is 4.42. The molecule has 0 atom stereocenters. The molecular weight excluding hydrogens is 193 g/mol. The Morgan fingerprint density at radius 1 is 1.43 bits per heavy atom. The van der Waals surface area contributed by atoms with Crippen molar-refractivity contribution in [2.75, 3.05) is 0 Å². The van der Waals surface area contributed by atoms with E-state index < -0.39 is 11.7 Å². The number of pyridine rings is 1. The number of halogens is 1. The number of hydrogen-bond donors (Lipinski definition) is 4. The molecule has 9 N–H and O–H groups in total. The van der Waals surface area contributed by atoms with E-state index in [1.54, 1.807) is 0 Å². The molecule has 0 radical (unpaired) electrons. The Balaban J connectivity index is 0. The Morgan fingerprint density at radius 3 is 2.43 bits per heavy atom. The molecule has 0 aromatic carbocycles. The normalized spacial score (nSPS) is 7.71. The summed E-state index contributed by atoms with van der Waals surface area (Å²) in [5.41, 5.74) is 1.97. The molecular formula is C6H12FN5O2. The molecule has 1 amide bonds. The second-order valence-corrected chi connectivity index (χ2v) is 1.87. The molecule has 0 unspecified atom stereocenters. The summed E-state index contributed by atoms with van der Waals surface area (Å²) in [5.74, 6) is 11.7. The molecule has 0 fully saturated rings. The first-order chi connectivity index (χ1) is 6.24. The molecule has 0 spiro atoms. The molecule has 0 aliphatic heterocycles. The summed E-state index contributed by atoms with van der Waals surface area (Å²) in [6.07, 6.45) is 2.23. The van der Waals surface area contributed by atoms with Crippen LogP contribution in [0.5, 0.6) is 0 Å². The number of hydrogen-bond acceptors (Lipinski definition) is 5. The molecule has 1 rings (SSSR count). The van der Waals surface area contributed by atoms with Gasteiger partial charge in [-0.1, -0.05) is 0 Å². The van der Waals surface area contributed by atoms with E-state index in [1.165, 1.54) is 6.20 Å². The van der Waals surface area contributed by atoms with Crippen LogP contribution >= 0.6 is 0 Å². The number of amides is 1. The SMILES string of the molecule is NN.NNC(=O)c1cncc(F)c1.O. The third-order valence-corrected chi connectivity index (χ3v) is 1.10. The molecule has 1 aromatic heterocycles. The summed E-state index contributed by atoms with van der Waals surface area (Å²) in [5, 5.41) is 0. The zero-order valence-electron chi connectivity index (χ0n) is 7.20. The topological polar surface area (TPSA) is 152 Å². The van der Waals surface area contributed by atoms with E-state index in [0.717, 1.165) is 12.3 Å². The molecule has 14 heavy (non-hydrogen) atoms. The lowest BCUT2D eigenvalue weighted by Gasteiger charge is -1.96. The van der Waals surface area contributed by atoms with Gasteiger partial charge < -0.3 is 5.48 Å². The summed E-state index contributed by atoms with van der Waals surface area (Å²) in [6, 6.07) is 1.05. The van der Waals surface area contributed by atoms with Gasteiger partial charge in [-0.2, -0.15) is 0 Å². The smallest absolute Gasteiger partial charge is 0.266 e. The van der Waals surface area contributed by atoms with Gasteiger partial charge in [-0.05, 0) is 6.07 Å². The highest BCUT2D eigenvalue weighted by molar-refractivity contribution is 5.93. The Kier molecular flexibility index (Phi) is 8.52. The summed E-state index contributed by atoms with van der Waals surface area (Å²) in [4.78, 5) is 14.2. The van der Waals surface area contributed by atoms with Crippen LogP contribution in [0, 0.1) is 5.82 Å². The van der Waals surface area contributed by atoms with Crippen molar-refractivity contribution >= 4 is 5.91 Å². The van der Waals surface area contributed by atoms with E-state index in [4.69, 9.17) is 5.84 Å². The van der Waals surface area contributed by atoms with Gasteiger partial charge in [-0.25, -0.2) is 10.2 Å². The van der Waals surface area contributed by atoms with Crippen molar-refractivity contribution in [2.45, 2.75) is 0 Å². The average Bonchev–Trinajstić information content (AvgIpc) is 2.20. The zero-order chi connectivity index (χ0) is 10.3. The quantitative estimate of drug-likeness (QED) is 0.233. The largest absolute Gasteiger partial charge is 0.412 e. The average molecular weight is 205 g/mol. The molecule has 8 heteroatoms. The summed E-state index contributed by atoms with van der Waals surface area (Å²) in [7, 11) is 0. The lowest BCUT2D eigenvalue weighted by atomic mass is 10.3. The minimum absolute atomic E-state index is 0. The fourth-order valence-electron chi connectivity index (χ4n) is 0.619. The van der Waals surface area contributed by atoms with Gasteiger partial charge >= 0.3 is 0 Å². The lowest BCUT2D eigenvalue weighted by Crippen LogP contribution is -2.30. The van der Waals surface area contributed by atoms with Crippen LogP contribution in [-0.2, 0) is 0 Å². The number of carbonyl (C=O) groups excluding carboxylic acids is 1. The minimum atomic E-state index is -0.564. The first-order valence-corrected chi connectivity index (χ1v) is 3.19. The van der Waals surface area contributed by atoms with Crippen molar-refractivity contribution in [3.8, 4) is 0 Å². The maximum atomic E-state index is 12.4. The van der Waals surface area contributed by atoms with E-state index in [0.29, 0.717) is 0 Å². The second-order valence-electron chi connectivity index (χ2n) is 1.87. The minimum Gasteiger partial charge on any atom is -0.412 e. The standard InChI is InChI=1S/C6H6FN3O.H4N2.H2O/c7-5-1-4(2-9-3-5)6(11)10-8;1-2;/h1-3H,8H2,(H,10,11);1-2H2;1H2. The Labute approximate surface area is 79.3 Å². The van der Waals surface area contributed by atoms with Crippen LogP contribution in [0.25, 0.3) is 0 Å². The molecule has 0 aliphatic rings. The molecule has 0 saturated carbocycles. The van der Waals surface area contributed by atoms with Crippen LogP contribution in [0.1, 0.15) is 10.4 Å². The summed E-state index contributed by atoms with van der Waals surface area (Å²) >= 11 is 0. The summed E-state index contributed by atoms with van der Waals surface area (Å²) in [6.45, 7) is 0. The molecule has 80 valence electrons. The van der Waals surface area contributed by atoms with Gasteiger partial charge in [-0.3, -0.25) is 26.9 Å². The van der Waals surface area contributed by atoms with E-state index in [1.807, 2.05) is 5.43 Å². The third-order valence-electron chi connectivity index (χ3n) is 1.10. The van der Waals surface area contributed by atoms with Crippen LogP contribution in [0.2, 0.25) is 0 Å². The number of rotatable bonds is 1. The van der Waals surface area contributed by atoms with E-state index in [9.17, 15) is 9.18 Å². The van der Waals surface area contributed by atoms with Crippen molar-refractivity contribution in [1.82, 2.24) is 10.4 Å². The van der Waals surface area contributed by atoms with Crippen LogP contribution < -0.4 is 23.0 Å². The van der Waals surface area contributed by atoms with Crippen molar-refractivity contribution in [1.29, 1.82) is 0 Å². The highest BCUT2D eigenvalue weighted by atomic mass is 19.1. The highest BCUT2D eigenvalue weighted by Gasteiger charge is 2.03. The molecule has 1 aromatic rings. The van der Waals surface area contributed by atoms with Crippen LogP contribution in [-0.4, -0.2) is 16.4 Å². The Hall–Kier alpha value is -1.61. The summed E-state index contributed by atoms with van der Waals surface area (Å²) < 4.78 is 12.4. The lowest BCUT2D eigenvalue weighted by molar-refractivity contribution is 0.0953. The fraction of sp³-hybridized carbons (Fsp3) is 0. The number of hydrazine groups is 2. The number of nitrogen functional groups attached to an aromatic ring is 1. The van der Waals surface area contributed by atoms with Crippen molar-refractivity contribution < 1.29 is 14.7 Å². The predicted octanol–water partition coefficient (Wildman–Crippen LogP) is -2.18. The van der Waals surface area contributed by atoms with Crippen molar-refractivity contribution in [2.24, 2.45) is 17.5 Å². The van der Waals surface area contributed by atoms with Gasteiger partial charge in [0.1, 0.15) is 5.82 Å². The monoisotopic (exact) mass is 205 g/mol. The van der Waals surface area contributed by atoms with Crippen molar-refractivity contribution in [3.05, 3.63) is 29.8 Å². The maximum Gasteiger partial charge on any atom is 0.266 e. The molecule has 0 saturated heterocycles. The molecule has 0 bridgehead atoms. The van der Waals surface area contributed by atoms with Crippen molar-refractivity contribution in [3.63, 3.8) is 0 Å². The van der Waals surface area contributed by atoms with Gasteiger partial charge in [-0.15, -0.1) is 0 Å². The number of nitrogens with one attached hydrogen (secondary N) is 1. The predicted molar refractivity (Wildman–Crippen MR) is 47.8 cm³/mol. The second kappa shape index (κ2) is 8.01. The number of nitrogens with zero attached hydrogens (tertiary/aromatic N) is 1. The van der Waals surface area contributed by atoms with Gasteiger partial charge in [0, 0.05) is 6.20 Å². The number of nitrogens with two attached hydrogens (primary N) is 3. The van der Waals surface area contributed by atoms with E-state index in [2.05, 4.69) is 16.7 Å². The van der Waals surface area contributed by atoms with Gasteiger partial charge in [0.25, 0.3) is 5.91 Å². The Bertz CT molecular complexity index is 283. The zero-order valence-corrected chi connectivity index (χ0v) is 7.20. The van der Waals surface area contributed by atoms with Crippen LogP contribution in [0.4, 0.5) is 4.39 Å². The molecule has 7 nitrogen and oxygen atoms in total. The first kappa shape index (κ1) is 14.9. The first-order valence-electron chi connectivity index (χ1n) is 3.19.